The summed E-state index contributed by atoms with van der Waals surface area (Å²) in [5, 5.41) is 19.2. The normalized spacial score (nSPS) is 10.2. The first-order valence-corrected chi connectivity index (χ1v) is 5.05. The maximum absolute atomic E-state index is 12.7. The van der Waals surface area contributed by atoms with E-state index in [1.54, 1.807) is 0 Å². The Balaban J connectivity index is 3.61. The van der Waals surface area contributed by atoms with Gasteiger partial charge in [-0.2, -0.15) is 5.26 Å². The molecule has 1 aromatic heterocycles. The van der Waals surface area contributed by atoms with Gasteiger partial charge in [0.1, 0.15) is 17.3 Å². The molecule has 0 unspecified atom stereocenters. The molecule has 0 saturated heterocycles. The first-order valence-electron chi connectivity index (χ1n) is 3.93. The molecule has 0 atom stereocenters. The van der Waals surface area contributed by atoms with Gasteiger partial charge in [-0.25, -0.2) is 8.78 Å². The van der Waals surface area contributed by atoms with Crippen molar-refractivity contribution in [1.29, 1.82) is 5.26 Å². The second kappa shape index (κ2) is 4.94. The molecule has 0 spiro atoms. The van der Waals surface area contributed by atoms with E-state index < -0.39 is 28.2 Å². The second-order valence-electron chi connectivity index (χ2n) is 2.68. The third kappa shape index (κ3) is 2.14. The molecule has 1 aromatic rings. The average molecular weight is 292 g/mol. The maximum atomic E-state index is 12.7. The summed E-state index contributed by atoms with van der Waals surface area (Å²) in [6.45, 7) is 0. The molecule has 0 bridgehead atoms. The van der Waals surface area contributed by atoms with Crippen LogP contribution >= 0.6 is 15.9 Å². The molecule has 8 heteroatoms. The van der Waals surface area contributed by atoms with Crippen LogP contribution < -0.4 is 0 Å². The van der Waals surface area contributed by atoms with Gasteiger partial charge < -0.3 is 0 Å². The van der Waals surface area contributed by atoms with Gasteiger partial charge in [-0.3, -0.25) is 15.1 Å². The van der Waals surface area contributed by atoms with E-state index in [9.17, 15) is 18.9 Å². The molecule has 84 valence electrons. The number of hydrogen-bond acceptors (Lipinski definition) is 4. The highest BCUT2D eigenvalue weighted by Crippen LogP contribution is 2.34. The highest BCUT2D eigenvalue weighted by Gasteiger charge is 2.29. The molecular weight excluding hydrogens is 288 g/mol. The summed E-state index contributed by atoms with van der Waals surface area (Å²) >= 11 is 2.91. The summed E-state index contributed by atoms with van der Waals surface area (Å²) in [5.74, 6) is 0. The summed E-state index contributed by atoms with van der Waals surface area (Å²) in [4.78, 5) is 13.3. The standard InChI is InChI=1S/C8H4BrF2N3O2/c9-1-5-7(14(15)16)6(8(10)11)4(2-12)3-13-5/h3,8H,1H2. The van der Waals surface area contributed by atoms with Crippen LogP contribution in [0, 0.1) is 21.4 Å². The van der Waals surface area contributed by atoms with Crippen LogP contribution in [0.4, 0.5) is 14.5 Å². The first kappa shape index (κ1) is 12.4. The van der Waals surface area contributed by atoms with Crippen molar-refractivity contribution in [2.45, 2.75) is 11.8 Å². The lowest BCUT2D eigenvalue weighted by Gasteiger charge is -2.06. The lowest BCUT2D eigenvalue weighted by molar-refractivity contribution is -0.387. The fourth-order valence-electron chi connectivity index (χ4n) is 1.17. The molecule has 1 heterocycles. The molecular formula is C8H4BrF2N3O2. The van der Waals surface area contributed by atoms with Crippen LogP contribution in [0.1, 0.15) is 23.2 Å². The predicted octanol–water partition coefficient (Wildman–Crippen LogP) is 2.69. The average Bonchev–Trinajstić information content (AvgIpc) is 2.26. The Morgan fingerprint density at radius 3 is 2.69 bits per heavy atom. The molecule has 1 rings (SSSR count). The largest absolute Gasteiger partial charge is 0.301 e. The Bertz CT molecular complexity index is 473. The SMILES string of the molecule is N#Cc1cnc(CBr)c([N+](=O)[O-])c1C(F)F. The van der Waals surface area contributed by atoms with E-state index in [-0.39, 0.29) is 11.0 Å². The monoisotopic (exact) mass is 291 g/mol. The van der Waals surface area contributed by atoms with Gasteiger partial charge in [0.05, 0.1) is 15.8 Å². The van der Waals surface area contributed by atoms with Gasteiger partial charge in [0.15, 0.2) is 0 Å². The Hall–Kier alpha value is -1.62. The molecule has 0 fully saturated rings. The number of nitrogens with zero attached hydrogens (tertiary/aromatic N) is 3. The maximum Gasteiger partial charge on any atom is 0.301 e. The van der Waals surface area contributed by atoms with E-state index in [4.69, 9.17) is 5.26 Å². The van der Waals surface area contributed by atoms with Gasteiger partial charge in [0.2, 0.25) is 0 Å². The van der Waals surface area contributed by atoms with Crippen molar-refractivity contribution in [2.75, 3.05) is 0 Å². The summed E-state index contributed by atoms with van der Waals surface area (Å²) in [6, 6.07) is 1.46. The number of halogens is 3. The zero-order valence-electron chi connectivity index (χ0n) is 7.65. The third-order valence-electron chi connectivity index (χ3n) is 1.82. The molecule has 5 nitrogen and oxygen atoms in total. The summed E-state index contributed by atoms with van der Waals surface area (Å²) in [7, 11) is 0. The zero-order chi connectivity index (χ0) is 12.3. The minimum absolute atomic E-state index is 0.0330. The summed E-state index contributed by atoms with van der Waals surface area (Å²) in [6.07, 6.45) is -2.18. The van der Waals surface area contributed by atoms with Crippen LogP contribution in [0.3, 0.4) is 0 Å². The highest BCUT2D eigenvalue weighted by molar-refractivity contribution is 9.08. The van der Waals surface area contributed by atoms with Crippen molar-refractivity contribution in [1.82, 2.24) is 4.98 Å². The number of nitro groups is 1. The van der Waals surface area contributed by atoms with Crippen molar-refractivity contribution in [3.05, 3.63) is 33.1 Å². The fourth-order valence-corrected chi connectivity index (χ4v) is 1.58. The van der Waals surface area contributed by atoms with Gasteiger partial charge in [-0.15, -0.1) is 0 Å². The van der Waals surface area contributed by atoms with Crippen molar-refractivity contribution < 1.29 is 13.7 Å². The number of pyridine rings is 1. The van der Waals surface area contributed by atoms with Gasteiger partial charge >= 0.3 is 5.69 Å². The minimum Gasteiger partial charge on any atom is -0.258 e. The van der Waals surface area contributed by atoms with E-state index in [0.29, 0.717) is 0 Å². The number of nitriles is 1. The Morgan fingerprint density at radius 1 is 1.69 bits per heavy atom. The summed E-state index contributed by atoms with van der Waals surface area (Å²) < 4.78 is 25.3. The fraction of sp³-hybridized carbons (Fsp3) is 0.250. The first-order chi connectivity index (χ1) is 7.52. The Morgan fingerprint density at radius 2 is 2.31 bits per heavy atom. The number of hydrogen-bond donors (Lipinski definition) is 0. The molecule has 16 heavy (non-hydrogen) atoms. The highest BCUT2D eigenvalue weighted by atomic mass is 79.9. The van der Waals surface area contributed by atoms with Crippen LogP contribution in [0.2, 0.25) is 0 Å². The summed E-state index contributed by atoms with van der Waals surface area (Å²) in [5.41, 5.74) is -2.28. The van der Waals surface area contributed by atoms with Gasteiger partial charge in [0, 0.05) is 6.20 Å². The van der Waals surface area contributed by atoms with E-state index in [2.05, 4.69) is 20.9 Å². The van der Waals surface area contributed by atoms with E-state index in [0.717, 1.165) is 6.20 Å². The number of aromatic nitrogens is 1. The van der Waals surface area contributed by atoms with E-state index in [1.807, 2.05) is 0 Å². The van der Waals surface area contributed by atoms with Gasteiger partial charge in [-0.1, -0.05) is 15.9 Å². The molecule has 0 aromatic carbocycles. The lowest BCUT2D eigenvalue weighted by atomic mass is 10.1. The van der Waals surface area contributed by atoms with Crippen molar-refractivity contribution in [2.24, 2.45) is 0 Å². The lowest BCUT2D eigenvalue weighted by Crippen LogP contribution is -2.05. The van der Waals surface area contributed by atoms with Crippen LogP contribution in [0.25, 0.3) is 0 Å². The van der Waals surface area contributed by atoms with Crippen LogP contribution in [0.15, 0.2) is 6.20 Å². The van der Waals surface area contributed by atoms with Crippen molar-refractivity contribution >= 4 is 21.6 Å². The number of alkyl halides is 3. The zero-order valence-corrected chi connectivity index (χ0v) is 9.24. The minimum atomic E-state index is -3.09. The Kier molecular flexibility index (Phi) is 3.84. The molecule has 0 aliphatic heterocycles. The van der Waals surface area contributed by atoms with Gasteiger partial charge in [0.25, 0.3) is 6.43 Å². The molecule has 0 N–H and O–H groups in total. The third-order valence-corrected chi connectivity index (χ3v) is 2.35. The molecule has 0 amide bonds. The van der Waals surface area contributed by atoms with E-state index >= 15 is 0 Å². The van der Waals surface area contributed by atoms with E-state index in [1.165, 1.54) is 6.07 Å². The predicted molar refractivity (Wildman–Crippen MR) is 53.2 cm³/mol. The second-order valence-corrected chi connectivity index (χ2v) is 3.24. The smallest absolute Gasteiger partial charge is 0.258 e. The van der Waals surface area contributed by atoms with Gasteiger partial charge in [-0.05, 0) is 0 Å². The Labute approximate surface area is 97.0 Å². The molecule has 0 saturated carbocycles. The van der Waals surface area contributed by atoms with Crippen molar-refractivity contribution in [3.8, 4) is 6.07 Å². The van der Waals surface area contributed by atoms with Crippen LogP contribution in [0.5, 0.6) is 0 Å². The number of rotatable bonds is 3. The topological polar surface area (TPSA) is 79.8 Å². The van der Waals surface area contributed by atoms with Crippen molar-refractivity contribution in [3.63, 3.8) is 0 Å². The van der Waals surface area contributed by atoms with Crippen LogP contribution in [-0.4, -0.2) is 9.91 Å². The molecule has 0 aliphatic carbocycles. The molecule has 0 radical (unpaired) electrons. The molecule has 0 aliphatic rings. The van der Waals surface area contributed by atoms with Crippen LogP contribution in [-0.2, 0) is 5.33 Å². The quantitative estimate of drug-likeness (QED) is 0.487.